The summed E-state index contributed by atoms with van der Waals surface area (Å²) in [6.07, 6.45) is 0.528. The van der Waals surface area contributed by atoms with Crippen molar-refractivity contribution in [1.29, 1.82) is 0 Å². The first-order chi connectivity index (χ1) is 16.4. The predicted molar refractivity (Wildman–Crippen MR) is 126 cm³/mol. The van der Waals surface area contributed by atoms with Crippen molar-refractivity contribution in [2.75, 3.05) is 19.8 Å². The molecule has 0 spiro atoms. The van der Waals surface area contributed by atoms with Crippen LogP contribution in [0.4, 0.5) is 0 Å². The molecular formula is C27H28N2O5. The molecule has 3 amide bonds. The normalized spacial score (nSPS) is 18.8. The Balaban J connectivity index is 1.37. The Labute approximate surface area is 199 Å². The second-order valence-electron chi connectivity index (χ2n) is 8.82. The van der Waals surface area contributed by atoms with E-state index in [-0.39, 0.29) is 24.8 Å². The average Bonchev–Trinajstić information content (AvgIpc) is 3.02. The van der Waals surface area contributed by atoms with Crippen molar-refractivity contribution in [2.45, 2.75) is 44.9 Å². The number of rotatable bonds is 7. The van der Waals surface area contributed by atoms with Gasteiger partial charge in [-0.15, -0.1) is 0 Å². The molecule has 0 aromatic heterocycles. The number of hydrogen-bond donors (Lipinski definition) is 1. The van der Waals surface area contributed by atoms with E-state index in [0.29, 0.717) is 31.8 Å². The lowest BCUT2D eigenvalue weighted by atomic mass is 9.88. The minimum absolute atomic E-state index is 0.214. The van der Waals surface area contributed by atoms with Crippen molar-refractivity contribution in [3.63, 3.8) is 0 Å². The molecule has 1 saturated heterocycles. The highest BCUT2D eigenvalue weighted by molar-refractivity contribution is 6.06. The van der Waals surface area contributed by atoms with Gasteiger partial charge in [0.15, 0.2) is 0 Å². The standard InChI is InChI=1S/C27H28N2O5/c1-27(2)24-20(11-7-15-33-16-17-34-18-19-8-4-3-5-9-19)10-6-12-21(24)26(32)29(27)22-13-14-23(30)28-25(22)31/h3-6,8-10,12,22H,13-18H2,1-2H3,(H,28,30,31). The van der Waals surface area contributed by atoms with Gasteiger partial charge >= 0.3 is 0 Å². The molecule has 176 valence electrons. The van der Waals surface area contributed by atoms with Crippen LogP contribution in [0.1, 0.15) is 53.7 Å². The lowest BCUT2D eigenvalue weighted by molar-refractivity contribution is -0.138. The van der Waals surface area contributed by atoms with Crippen molar-refractivity contribution in [3.8, 4) is 11.8 Å². The van der Waals surface area contributed by atoms with Gasteiger partial charge in [0.1, 0.15) is 12.6 Å². The van der Waals surface area contributed by atoms with E-state index in [9.17, 15) is 14.4 Å². The first-order valence-corrected chi connectivity index (χ1v) is 11.4. The van der Waals surface area contributed by atoms with E-state index < -0.39 is 17.5 Å². The summed E-state index contributed by atoms with van der Waals surface area (Å²) in [6, 6.07) is 14.7. The molecule has 0 bridgehead atoms. The van der Waals surface area contributed by atoms with E-state index in [2.05, 4.69) is 17.2 Å². The molecule has 2 aromatic carbocycles. The molecule has 0 radical (unpaired) electrons. The monoisotopic (exact) mass is 460 g/mol. The lowest BCUT2D eigenvalue weighted by Gasteiger charge is -2.39. The first-order valence-electron chi connectivity index (χ1n) is 11.4. The second kappa shape index (κ2) is 10.2. The zero-order valence-electron chi connectivity index (χ0n) is 19.4. The highest BCUT2D eigenvalue weighted by Crippen LogP contribution is 2.42. The molecule has 0 saturated carbocycles. The molecule has 7 nitrogen and oxygen atoms in total. The molecule has 7 heteroatoms. The Bertz CT molecular complexity index is 1150. The van der Waals surface area contributed by atoms with Crippen LogP contribution in [-0.2, 0) is 31.2 Å². The summed E-state index contributed by atoms with van der Waals surface area (Å²) in [5.74, 6) is 5.20. The maximum Gasteiger partial charge on any atom is 0.255 e. The first kappa shape index (κ1) is 23.7. The van der Waals surface area contributed by atoms with Crippen LogP contribution in [0.15, 0.2) is 48.5 Å². The molecule has 2 aromatic rings. The highest BCUT2D eigenvalue weighted by Gasteiger charge is 2.50. The number of hydrogen-bond acceptors (Lipinski definition) is 5. The molecule has 34 heavy (non-hydrogen) atoms. The van der Waals surface area contributed by atoms with E-state index in [1.54, 1.807) is 17.0 Å². The number of piperidine rings is 1. The van der Waals surface area contributed by atoms with Gasteiger partial charge in [-0.1, -0.05) is 48.2 Å². The van der Waals surface area contributed by atoms with Crippen LogP contribution in [0, 0.1) is 11.8 Å². The number of ether oxygens (including phenoxy) is 2. The molecular weight excluding hydrogens is 432 g/mol. The number of nitrogens with zero attached hydrogens (tertiary/aromatic N) is 1. The summed E-state index contributed by atoms with van der Waals surface area (Å²) in [5, 5.41) is 2.35. The van der Waals surface area contributed by atoms with Crippen LogP contribution < -0.4 is 5.32 Å². The third-order valence-electron chi connectivity index (χ3n) is 6.13. The van der Waals surface area contributed by atoms with Gasteiger partial charge in [-0.05, 0) is 38.0 Å². The quantitative estimate of drug-likeness (QED) is 0.390. The number of fused-ring (bicyclic) bond motifs is 1. The molecule has 1 N–H and O–H groups in total. The fourth-order valence-electron chi connectivity index (χ4n) is 4.59. The van der Waals surface area contributed by atoms with Crippen LogP contribution in [0.25, 0.3) is 0 Å². The van der Waals surface area contributed by atoms with Gasteiger partial charge in [-0.2, -0.15) is 0 Å². The molecule has 2 heterocycles. The minimum Gasteiger partial charge on any atom is -0.374 e. The van der Waals surface area contributed by atoms with Gasteiger partial charge in [-0.3, -0.25) is 19.7 Å². The summed E-state index contributed by atoms with van der Waals surface area (Å²) in [6.45, 7) is 5.50. The zero-order chi connectivity index (χ0) is 24.1. The Morgan fingerprint density at radius 2 is 1.79 bits per heavy atom. The Morgan fingerprint density at radius 1 is 1.03 bits per heavy atom. The molecule has 2 aliphatic rings. The molecule has 0 aliphatic carbocycles. The van der Waals surface area contributed by atoms with Crippen molar-refractivity contribution in [2.24, 2.45) is 0 Å². The Kier molecular flexibility index (Phi) is 7.11. The third kappa shape index (κ3) is 4.89. The number of amides is 3. The van der Waals surface area contributed by atoms with Crippen LogP contribution in [-0.4, -0.2) is 48.5 Å². The maximum absolute atomic E-state index is 13.2. The van der Waals surface area contributed by atoms with Crippen molar-refractivity contribution < 1.29 is 23.9 Å². The number of nitrogens with one attached hydrogen (secondary N) is 1. The van der Waals surface area contributed by atoms with Crippen LogP contribution >= 0.6 is 0 Å². The summed E-state index contributed by atoms with van der Waals surface area (Å²) in [7, 11) is 0. The van der Waals surface area contributed by atoms with E-state index in [1.165, 1.54) is 0 Å². The molecule has 1 fully saturated rings. The fourth-order valence-corrected chi connectivity index (χ4v) is 4.59. The number of benzene rings is 2. The minimum atomic E-state index is -0.744. The lowest BCUT2D eigenvalue weighted by Crippen LogP contribution is -2.57. The topological polar surface area (TPSA) is 84.9 Å². The van der Waals surface area contributed by atoms with Gasteiger partial charge in [0.05, 0.1) is 25.4 Å². The zero-order valence-corrected chi connectivity index (χ0v) is 19.4. The summed E-state index contributed by atoms with van der Waals surface area (Å²) in [4.78, 5) is 38.9. The van der Waals surface area contributed by atoms with Gasteiger partial charge in [0, 0.05) is 23.1 Å². The maximum atomic E-state index is 13.2. The van der Waals surface area contributed by atoms with Crippen molar-refractivity contribution in [3.05, 3.63) is 70.8 Å². The highest BCUT2D eigenvalue weighted by atomic mass is 16.5. The Morgan fingerprint density at radius 3 is 2.56 bits per heavy atom. The van der Waals surface area contributed by atoms with E-state index >= 15 is 0 Å². The molecule has 1 atom stereocenters. The summed E-state index contributed by atoms with van der Waals surface area (Å²) < 4.78 is 11.2. The number of carbonyl (C=O) groups is 3. The van der Waals surface area contributed by atoms with Gasteiger partial charge in [-0.25, -0.2) is 0 Å². The van der Waals surface area contributed by atoms with E-state index in [4.69, 9.17) is 9.47 Å². The van der Waals surface area contributed by atoms with Gasteiger partial charge < -0.3 is 14.4 Å². The van der Waals surface area contributed by atoms with Crippen LogP contribution in [0.5, 0.6) is 0 Å². The number of carbonyl (C=O) groups excluding carboxylic acids is 3. The van der Waals surface area contributed by atoms with Crippen LogP contribution in [0.2, 0.25) is 0 Å². The summed E-state index contributed by atoms with van der Waals surface area (Å²) in [5.41, 5.74) is 2.44. The average molecular weight is 461 g/mol. The van der Waals surface area contributed by atoms with E-state index in [0.717, 1.165) is 16.7 Å². The second-order valence-corrected chi connectivity index (χ2v) is 8.82. The predicted octanol–water partition coefficient (Wildman–Crippen LogP) is 2.77. The SMILES string of the molecule is CC1(C)c2c(C#CCOCCOCc3ccccc3)cccc2C(=O)N1C1CCC(=O)NC1=O. The van der Waals surface area contributed by atoms with E-state index in [1.807, 2.05) is 50.2 Å². The van der Waals surface area contributed by atoms with Crippen LogP contribution in [0.3, 0.4) is 0 Å². The largest absolute Gasteiger partial charge is 0.374 e. The van der Waals surface area contributed by atoms with Crippen molar-refractivity contribution in [1.82, 2.24) is 10.2 Å². The smallest absolute Gasteiger partial charge is 0.255 e. The summed E-state index contributed by atoms with van der Waals surface area (Å²) >= 11 is 0. The Hall–Kier alpha value is -3.47. The molecule has 1 unspecified atom stereocenters. The third-order valence-corrected chi connectivity index (χ3v) is 6.13. The molecule has 4 rings (SSSR count). The van der Waals surface area contributed by atoms with Gasteiger partial charge in [0.2, 0.25) is 11.8 Å². The fraction of sp³-hybridized carbons (Fsp3) is 0.370. The van der Waals surface area contributed by atoms with Crippen molar-refractivity contribution >= 4 is 17.7 Å². The number of imide groups is 1. The van der Waals surface area contributed by atoms with Gasteiger partial charge in [0.25, 0.3) is 5.91 Å². The molecule has 2 aliphatic heterocycles.